The summed E-state index contributed by atoms with van der Waals surface area (Å²) in [6.07, 6.45) is 3.38. The highest BCUT2D eigenvalue weighted by Crippen LogP contribution is 2.29. The van der Waals surface area contributed by atoms with E-state index < -0.39 is 0 Å². The number of nitrogens with zero attached hydrogens (tertiary/aromatic N) is 3. The maximum absolute atomic E-state index is 12.6. The molecule has 110 valence electrons. The van der Waals surface area contributed by atoms with Crippen LogP contribution < -0.4 is 0 Å². The van der Waals surface area contributed by atoms with E-state index in [4.69, 9.17) is 4.74 Å². The van der Waals surface area contributed by atoms with Gasteiger partial charge >= 0.3 is 0 Å². The van der Waals surface area contributed by atoms with Gasteiger partial charge in [0.25, 0.3) is 0 Å². The lowest BCUT2D eigenvalue weighted by Crippen LogP contribution is -2.39. The van der Waals surface area contributed by atoms with E-state index in [9.17, 15) is 4.79 Å². The second-order valence-electron chi connectivity index (χ2n) is 6.09. The minimum Gasteiger partial charge on any atom is -0.381 e. The van der Waals surface area contributed by atoms with Crippen LogP contribution in [0.2, 0.25) is 0 Å². The Morgan fingerprint density at radius 1 is 1.45 bits per heavy atom. The van der Waals surface area contributed by atoms with Crippen LogP contribution in [-0.4, -0.2) is 46.4 Å². The summed E-state index contributed by atoms with van der Waals surface area (Å²) in [5.74, 6) is 0.714. The number of hydrogen-bond acceptors (Lipinski definition) is 3. The van der Waals surface area contributed by atoms with E-state index in [-0.39, 0.29) is 5.91 Å². The highest BCUT2D eigenvalue weighted by molar-refractivity contribution is 5.76. The Bertz CT molecular complexity index is 487. The van der Waals surface area contributed by atoms with E-state index in [1.807, 2.05) is 24.6 Å². The lowest BCUT2D eigenvalue weighted by molar-refractivity contribution is -0.133. The molecule has 2 fully saturated rings. The Kier molecular flexibility index (Phi) is 3.78. The molecule has 1 saturated carbocycles. The Labute approximate surface area is 119 Å². The zero-order chi connectivity index (χ0) is 14.1. The molecule has 5 heteroatoms. The molecule has 1 aromatic heterocycles. The summed E-state index contributed by atoms with van der Waals surface area (Å²) in [5, 5.41) is 4.39. The largest absolute Gasteiger partial charge is 0.381 e. The van der Waals surface area contributed by atoms with Gasteiger partial charge in [-0.05, 0) is 39.2 Å². The second kappa shape index (κ2) is 5.56. The molecule has 1 amide bonds. The molecule has 1 aliphatic carbocycles. The van der Waals surface area contributed by atoms with Crippen LogP contribution in [-0.2, 0) is 16.1 Å². The van der Waals surface area contributed by atoms with E-state index in [2.05, 4.69) is 10.00 Å². The third kappa shape index (κ3) is 3.03. The third-order valence-corrected chi connectivity index (χ3v) is 4.18. The predicted octanol–water partition coefficient (Wildman–Crippen LogP) is 1.53. The van der Waals surface area contributed by atoms with Crippen LogP contribution in [0.4, 0.5) is 0 Å². The van der Waals surface area contributed by atoms with Crippen LogP contribution in [0.3, 0.4) is 0 Å². The molecule has 3 rings (SSSR count). The van der Waals surface area contributed by atoms with E-state index in [0.29, 0.717) is 18.5 Å². The van der Waals surface area contributed by atoms with Gasteiger partial charge < -0.3 is 9.64 Å². The van der Waals surface area contributed by atoms with Gasteiger partial charge in [-0.25, -0.2) is 0 Å². The van der Waals surface area contributed by atoms with Crippen LogP contribution in [0.1, 0.15) is 30.7 Å². The summed E-state index contributed by atoms with van der Waals surface area (Å²) in [7, 11) is 0. The van der Waals surface area contributed by atoms with Gasteiger partial charge in [-0.2, -0.15) is 5.10 Å². The first-order chi connectivity index (χ1) is 9.63. The van der Waals surface area contributed by atoms with E-state index in [1.54, 1.807) is 0 Å². The Hall–Kier alpha value is -1.36. The molecular weight excluding hydrogens is 254 g/mol. The Balaban J connectivity index is 1.64. The van der Waals surface area contributed by atoms with Crippen molar-refractivity contribution in [2.75, 3.05) is 19.8 Å². The van der Waals surface area contributed by atoms with Gasteiger partial charge in [-0.3, -0.25) is 9.48 Å². The summed E-state index contributed by atoms with van der Waals surface area (Å²) in [5.41, 5.74) is 2.02. The number of hydrogen-bond donors (Lipinski definition) is 0. The van der Waals surface area contributed by atoms with Gasteiger partial charge in [0.1, 0.15) is 6.54 Å². The van der Waals surface area contributed by atoms with Crippen molar-refractivity contribution in [3.05, 3.63) is 17.5 Å². The van der Waals surface area contributed by atoms with Crippen molar-refractivity contribution >= 4 is 5.91 Å². The first-order valence-corrected chi connectivity index (χ1v) is 7.52. The highest BCUT2D eigenvalue weighted by Gasteiger charge is 2.34. The van der Waals surface area contributed by atoms with Crippen molar-refractivity contribution in [1.82, 2.24) is 14.7 Å². The highest BCUT2D eigenvalue weighted by atomic mass is 16.5. The minimum absolute atomic E-state index is 0.200. The Morgan fingerprint density at radius 2 is 2.25 bits per heavy atom. The number of rotatable bonds is 5. The molecule has 5 nitrogen and oxygen atoms in total. The molecule has 0 aromatic carbocycles. The lowest BCUT2D eigenvalue weighted by Gasteiger charge is -2.25. The smallest absolute Gasteiger partial charge is 0.244 e. The normalized spacial score (nSPS) is 22.2. The van der Waals surface area contributed by atoms with Crippen molar-refractivity contribution < 1.29 is 9.53 Å². The summed E-state index contributed by atoms with van der Waals surface area (Å²) < 4.78 is 7.24. The van der Waals surface area contributed by atoms with Gasteiger partial charge in [0.2, 0.25) is 5.91 Å². The lowest BCUT2D eigenvalue weighted by atomic mass is 10.1. The molecule has 1 atom stereocenters. The van der Waals surface area contributed by atoms with Crippen LogP contribution in [0.5, 0.6) is 0 Å². The van der Waals surface area contributed by atoms with Crippen LogP contribution in [0.15, 0.2) is 6.07 Å². The Morgan fingerprint density at radius 3 is 2.80 bits per heavy atom. The molecule has 0 spiro atoms. The number of aryl methyl sites for hydroxylation is 2. The number of aromatic nitrogens is 2. The van der Waals surface area contributed by atoms with Crippen LogP contribution >= 0.6 is 0 Å². The van der Waals surface area contributed by atoms with Crippen molar-refractivity contribution in [2.45, 2.75) is 45.7 Å². The molecule has 0 N–H and O–H groups in total. The maximum atomic E-state index is 12.6. The zero-order valence-corrected chi connectivity index (χ0v) is 12.3. The SMILES string of the molecule is Cc1cc(C)n(CC(=O)N(C[C@@H]2CCOC2)C2CC2)n1. The van der Waals surface area contributed by atoms with Gasteiger partial charge in [-0.1, -0.05) is 0 Å². The average Bonchev–Trinajstić information content (AvgIpc) is 3.01. The van der Waals surface area contributed by atoms with Crippen molar-refractivity contribution in [3.63, 3.8) is 0 Å². The fraction of sp³-hybridized carbons (Fsp3) is 0.733. The molecule has 1 saturated heterocycles. The van der Waals surface area contributed by atoms with E-state index in [0.717, 1.165) is 50.4 Å². The predicted molar refractivity (Wildman–Crippen MR) is 75.4 cm³/mol. The standard InChI is InChI=1S/C15H23N3O2/c1-11-7-12(2)18(16-11)9-15(19)17(14-3-4-14)8-13-5-6-20-10-13/h7,13-14H,3-6,8-10H2,1-2H3/t13-/m0/s1. The monoisotopic (exact) mass is 277 g/mol. The molecular formula is C15H23N3O2. The van der Waals surface area contributed by atoms with Crippen LogP contribution in [0, 0.1) is 19.8 Å². The summed E-state index contributed by atoms with van der Waals surface area (Å²) >= 11 is 0. The molecule has 1 aromatic rings. The fourth-order valence-corrected chi connectivity index (χ4v) is 2.90. The molecule has 0 radical (unpaired) electrons. The quantitative estimate of drug-likeness (QED) is 0.820. The first kappa shape index (κ1) is 13.6. The van der Waals surface area contributed by atoms with Gasteiger partial charge in [-0.15, -0.1) is 0 Å². The maximum Gasteiger partial charge on any atom is 0.244 e. The van der Waals surface area contributed by atoms with Gasteiger partial charge in [0.05, 0.1) is 12.3 Å². The molecule has 2 aliphatic rings. The van der Waals surface area contributed by atoms with Gasteiger partial charge in [0, 0.05) is 30.8 Å². The fourth-order valence-electron chi connectivity index (χ4n) is 2.90. The number of amides is 1. The molecule has 1 aliphatic heterocycles. The van der Waals surface area contributed by atoms with E-state index in [1.165, 1.54) is 0 Å². The summed E-state index contributed by atoms with van der Waals surface area (Å²) in [6.45, 7) is 6.82. The van der Waals surface area contributed by atoms with Crippen molar-refractivity contribution in [3.8, 4) is 0 Å². The van der Waals surface area contributed by atoms with Crippen LogP contribution in [0.25, 0.3) is 0 Å². The molecule has 20 heavy (non-hydrogen) atoms. The average molecular weight is 277 g/mol. The number of carbonyl (C=O) groups is 1. The van der Waals surface area contributed by atoms with E-state index >= 15 is 0 Å². The number of carbonyl (C=O) groups excluding carboxylic acids is 1. The third-order valence-electron chi connectivity index (χ3n) is 4.18. The second-order valence-corrected chi connectivity index (χ2v) is 6.09. The molecule has 0 bridgehead atoms. The molecule has 2 heterocycles. The topological polar surface area (TPSA) is 47.4 Å². The zero-order valence-electron chi connectivity index (χ0n) is 12.3. The first-order valence-electron chi connectivity index (χ1n) is 7.52. The molecule has 0 unspecified atom stereocenters. The van der Waals surface area contributed by atoms with Crippen molar-refractivity contribution in [2.24, 2.45) is 5.92 Å². The van der Waals surface area contributed by atoms with Gasteiger partial charge in [0.15, 0.2) is 0 Å². The summed E-state index contributed by atoms with van der Waals surface area (Å²) in [6, 6.07) is 2.47. The van der Waals surface area contributed by atoms with Crippen molar-refractivity contribution in [1.29, 1.82) is 0 Å². The number of ether oxygens (including phenoxy) is 1. The summed E-state index contributed by atoms with van der Waals surface area (Å²) in [4.78, 5) is 14.6. The minimum atomic E-state index is 0.200.